The minimum Gasteiger partial charge on any atom is -0.496 e. The first-order valence-electron chi connectivity index (χ1n) is 9.80. The zero-order valence-electron chi connectivity index (χ0n) is 16.5. The van der Waals surface area contributed by atoms with Crippen molar-refractivity contribution >= 4 is 5.95 Å². The predicted molar refractivity (Wildman–Crippen MR) is 105 cm³/mol. The van der Waals surface area contributed by atoms with Gasteiger partial charge in [-0.25, -0.2) is 0 Å². The first-order chi connectivity index (χ1) is 13.1. The number of nitrogens with zero attached hydrogens (tertiary/aromatic N) is 5. The number of piperidine rings is 1. The molecule has 0 saturated carbocycles. The van der Waals surface area contributed by atoms with Crippen LogP contribution in [-0.2, 0) is 0 Å². The van der Waals surface area contributed by atoms with Gasteiger partial charge in [-0.3, -0.25) is 4.90 Å². The van der Waals surface area contributed by atoms with Gasteiger partial charge < -0.3 is 19.1 Å². The molecule has 0 unspecified atom stereocenters. The maximum Gasteiger partial charge on any atom is 0.266 e. The van der Waals surface area contributed by atoms with Crippen LogP contribution in [0.3, 0.4) is 0 Å². The number of hydrogen-bond donors (Lipinski definition) is 0. The van der Waals surface area contributed by atoms with Crippen molar-refractivity contribution in [2.75, 3.05) is 58.3 Å². The molecule has 7 heteroatoms. The summed E-state index contributed by atoms with van der Waals surface area (Å²) in [6, 6.07) is 6.64. The second-order valence-electron chi connectivity index (χ2n) is 7.64. The summed E-state index contributed by atoms with van der Waals surface area (Å²) in [4.78, 5) is 11.9. The number of anilines is 1. The average molecular weight is 371 g/mol. The van der Waals surface area contributed by atoms with Gasteiger partial charge in [0.2, 0.25) is 0 Å². The highest BCUT2D eigenvalue weighted by molar-refractivity contribution is 5.58. The number of methoxy groups -OCH3 is 1. The van der Waals surface area contributed by atoms with Gasteiger partial charge in [-0.15, -0.1) is 0 Å². The van der Waals surface area contributed by atoms with Crippen LogP contribution in [-0.4, -0.2) is 79.4 Å². The lowest BCUT2D eigenvalue weighted by Gasteiger charge is -2.41. The Balaban J connectivity index is 1.38. The van der Waals surface area contributed by atoms with Gasteiger partial charge in [-0.1, -0.05) is 6.07 Å². The summed E-state index contributed by atoms with van der Waals surface area (Å²) in [6.07, 6.45) is 2.32. The van der Waals surface area contributed by atoms with Gasteiger partial charge in [0, 0.05) is 50.9 Å². The third kappa shape index (κ3) is 3.94. The lowest BCUT2D eigenvalue weighted by atomic mass is 10.0. The zero-order valence-corrected chi connectivity index (χ0v) is 16.5. The number of likely N-dealkylation sites (N-methyl/N-ethyl adjacent to an activating group) is 1. The Bertz CT molecular complexity index is 761. The molecule has 146 valence electrons. The maximum atomic E-state index is 5.52. The number of hydrogen-bond acceptors (Lipinski definition) is 7. The van der Waals surface area contributed by atoms with Gasteiger partial charge >= 0.3 is 0 Å². The van der Waals surface area contributed by atoms with Gasteiger partial charge in [0.15, 0.2) is 0 Å². The highest BCUT2D eigenvalue weighted by Gasteiger charge is 2.28. The standard InChI is InChI=1S/C20H29N5O2/c1-15-4-5-16(14-18(15)26-3)19-21-20(22-27-19)25-8-6-17(7-9-25)24-12-10-23(2)11-13-24/h4-5,14,17H,6-13H2,1-3H3. The van der Waals surface area contributed by atoms with Crippen molar-refractivity contribution in [1.82, 2.24) is 19.9 Å². The fourth-order valence-electron chi connectivity index (χ4n) is 4.03. The highest BCUT2D eigenvalue weighted by Crippen LogP contribution is 2.28. The van der Waals surface area contributed by atoms with Crippen LogP contribution >= 0.6 is 0 Å². The van der Waals surface area contributed by atoms with Crippen LogP contribution in [0, 0.1) is 6.92 Å². The van der Waals surface area contributed by atoms with Crippen LogP contribution in [0.2, 0.25) is 0 Å². The number of ether oxygens (including phenoxy) is 1. The van der Waals surface area contributed by atoms with E-state index in [1.807, 2.05) is 25.1 Å². The summed E-state index contributed by atoms with van der Waals surface area (Å²) in [5.41, 5.74) is 1.98. The first-order valence-corrected chi connectivity index (χ1v) is 9.80. The van der Waals surface area contributed by atoms with E-state index < -0.39 is 0 Å². The van der Waals surface area contributed by atoms with E-state index in [0.717, 1.165) is 42.8 Å². The lowest BCUT2D eigenvalue weighted by Crippen LogP contribution is -2.52. The largest absolute Gasteiger partial charge is 0.496 e. The molecule has 4 rings (SSSR count). The molecule has 2 aliphatic heterocycles. The highest BCUT2D eigenvalue weighted by atomic mass is 16.5. The first kappa shape index (κ1) is 18.3. The fourth-order valence-corrected chi connectivity index (χ4v) is 4.03. The zero-order chi connectivity index (χ0) is 18.8. The van der Waals surface area contributed by atoms with Crippen molar-refractivity contribution in [3.63, 3.8) is 0 Å². The molecule has 27 heavy (non-hydrogen) atoms. The molecule has 1 aromatic heterocycles. The van der Waals surface area contributed by atoms with Crippen LogP contribution in [0.4, 0.5) is 5.95 Å². The average Bonchev–Trinajstić information content (AvgIpc) is 3.19. The number of benzene rings is 1. The molecule has 2 aliphatic rings. The second-order valence-corrected chi connectivity index (χ2v) is 7.64. The quantitative estimate of drug-likeness (QED) is 0.817. The molecule has 2 fully saturated rings. The minimum atomic E-state index is 0.546. The number of aryl methyl sites for hydroxylation is 1. The summed E-state index contributed by atoms with van der Waals surface area (Å²) in [6.45, 7) is 8.70. The molecule has 1 aromatic carbocycles. The summed E-state index contributed by atoms with van der Waals surface area (Å²) in [5, 5.41) is 4.22. The van der Waals surface area contributed by atoms with Crippen molar-refractivity contribution < 1.29 is 9.26 Å². The molecule has 0 N–H and O–H groups in total. The monoisotopic (exact) mass is 371 g/mol. The van der Waals surface area contributed by atoms with E-state index in [1.165, 1.54) is 26.2 Å². The lowest BCUT2D eigenvalue weighted by molar-refractivity contribution is 0.0980. The summed E-state index contributed by atoms with van der Waals surface area (Å²) < 4.78 is 10.9. The second kappa shape index (κ2) is 7.86. The van der Waals surface area contributed by atoms with Crippen LogP contribution in [0.5, 0.6) is 5.75 Å². The summed E-state index contributed by atoms with van der Waals surface area (Å²) in [7, 11) is 3.88. The van der Waals surface area contributed by atoms with E-state index >= 15 is 0 Å². The third-order valence-electron chi connectivity index (χ3n) is 5.87. The van der Waals surface area contributed by atoms with Crippen molar-refractivity contribution in [3.05, 3.63) is 23.8 Å². The molecule has 0 aliphatic carbocycles. The number of aromatic nitrogens is 2. The molecule has 0 spiro atoms. The van der Waals surface area contributed by atoms with Crippen molar-refractivity contribution in [1.29, 1.82) is 0 Å². The summed E-state index contributed by atoms with van der Waals surface area (Å²) >= 11 is 0. The molecule has 2 aromatic rings. The van der Waals surface area contributed by atoms with E-state index in [9.17, 15) is 0 Å². The maximum absolute atomic E-state index is 5.52. The van der Waals surface area contributed by atoms with E-state index in [2.05, 4.69) is 31.9 Å². The Morgan fingerprint density at radius 3 is 2.52 bits per heavy atom. The van der Waals surface area contributed by atoms with Gasteiger partial charge in [0.1, 0.15) is 5.75 Å². The van der Waals surface area contributed by atoms with E-state index in [0.29, 0.717) is 17.9 Å². The molecule has 0 atom stereocenters. The van der Waals surface area contributed by atoms with E-state index in [4.69, 9.17) is 9.26 Å². The topological polar surface area (TPSA) is 57.9 Å². The molecule has 3 heterocycles. The number of piperazine rings is 1. The molecule has 2 saturated heterocycles. The molecule has 0 bridgehead atoms. The Hall–Kier alpha value is -2.12. The number of rotatable bonds is 4. The van der Waals surface area contributed by atoms with Crippen LogP contribution in [0.1, 0.15) is 18.4 Å². The minimum absolute atomic E-state index is 0.546. The Morgan fingerprint density at radius 2 is 1.81 bits per heavy atom. The molecule has 0 radical (unpaired) electrons. The fraction of sp³-hybridized carbons (Fsp3) is 0.600. The third-order valence-corrected chi connectivity index (χ3v) is 5.87. The Morgan fingerprint density at radius 1 is 1.07 bits per heavy atom. The van der Waals surface area contributed by atoms with Crippen molar-refractivity contribution in [2.24, 2.45) is 0 Å². The van der Waals surface area contributed by atoms with Gasteiger partial charge in [-0.05, 0) is 49.7 Å². The smallest absolute Gasteiger partial charge is 0.266 e. The van der Waals surface area contributed by atoms with Crippen LogP contribution < -0.4 is 9.64 Å². The van der Waals surface area contributed by atoms with Gasteiger partial charge in [-0.2, -0.15) is 4.98 Å². The predicted octanol–water partition coefficient (Wildman–Crippen LogP) is 2.27. The van der Waals surface area contributed by atoms with Gasteiger partial charge in [0.25, 0.3) is 11.8 Å². The normalized spacial score (nSPS) is 20.2. The molecule has 0 amide bonds. The molecule has 7 nitrogen and oxygen atoms in total. The van der Waals surface area contributed by atoms with E-state index in [1.54, 1.807) is 7.11 Å². The Labute approximate surface area is 160 Å². The SMILES string of the molecule is COc1cc(-c2nc(N3CCC(N4CCN(C)CC4)CC3)no2)ccc1C. The van der Waals surface area contributed by atoms with Crippen LogP contribution in [0.25, 0.3) is 11.5 Å². The van der Waals surface area contributed by atoms with Crippen molar-refractivity contribution in [3.8, 4) is 17.2 Å². The summed E-state index contributed by atoms with van der Waals surface area (Å²) in [5.74, 6) is 2.08. The van der Waals surface area contributed by atoms with E-state index in [-0.39, 0.29) is 0 Å². The Kier molecular flexibility index (Phi) is 5.31. The molecular formula is C20H29N5O2. The van der Waals surface area contributed by atoms with Crippen LogP contribution in [0.15, 0.2) is 22.7 Å². The van der Waals surface area contributed by atoms with Crippen molar-refractivity contribution in [2.45, 2.75) is 25.8 Å². The van der Waals surface area contributed by atoms with Gasteiger partial charge in [0.05, 0.1) is 7.11 Å². The molecular weight excluding hydrogens is 342 g/mol.